The summed E-state index contributed by atoms with van der Waals surface area (Å²) >= 11 is 0. The van der Waals surface area contributed by atoms with Crippen molar-refractivity contribution in [2.45, 2.75) is 442 Å². The predicted molar refractivity (Wildman–Crippen MR) is 384 cm³/mol. The van der Waals surface area contributed by atoms with E-state index >= 15 is 0 Å². The second-order valence-corrected chi connectivity index (χ2v) is 27.8. The molecule has 0 aromatic carbocycles. The number of nitrogens with one attached hydrogen (secondary N) is 1. The summed E-state index contributed by atoms with van der Waals surface area (Å²) in [4.78, 5) is 25.1. The third-order valence-corrected chi connectivity index (χ3v) is 19.0. The number of esters is 1. The Labute approximate surface area is 562 Å². The number of aliphatic hydroxyl groups excluding tert-OH is 5. The average Bonchev–Trinajstić information content (AvgIpc) is 1.12. The summed E-state index contributed by atoms with van der Waals surface area (Å²) in [6.07, 6.45) is 80.4. The van der Waals surface area contributed by atoms with E-state index in [9.17, 15) is 35.1 Å². The number of carbonyl (C=O) groups is 2. The summed E-state index contributed by atoms with van der Waals surface area (Å²) in [6.45, 7) is 4.38. The van der Waals surface area contributed by atoms with Gasteiger partial charge in [0, 0.05) is 12.8 Å². The lowest BCUT2D eigenvalue weighted by Crippen LogP contribution is -2.60. The molecule has 1 aliphatic rings. The third-order valence-electron chi connectivity index (χ3n) is 19.0. The summed E-state index contributed by atoms with van der Waals surface area (Å²) in [6, 6.07) is -0.807. The van der Waals surface area contributed by atoms with Gasteiger partial charge < -0.3 is 45.1 Å². The maximum atomic E-state index is 13.1. The van der Waals surface area contributed by atoms with E-state index in [1.54, 1.807) is 6.08 Å². The van der Waals surface area contributed by atoms with Crippen LogP contribution >= 0.6 is 0 Å². The molecule has 1 fully saturated rings. The fourth-order valence-electron chi connectivity index (χ4n) is 12.8. The minimum absolute atomic E-state index is 0.0167. The molecular formula is C80H151NO10. The average molecular weight is 1290 g/mol. The summed E-state index contributed by atoms with van der Waals surface area (Å²) < 4.78 is 16.8. The molecule has 0 spiro atoms. The number of allylic oxidation sites excluding steroid dienone is 5. The molecule has 11 nitrogen and oxygen atoms in total. The van der Waals surface area contributed by atoms with Crippen LogP contribution in [0.3, 0.4) is 0 Å². The molecule has 1 rings (SSSR count). The number of aliphatic hydroxyl groups is 5. The highest BCUT2D eigenvalue weighted by Gasteiger charge is 2.44. The van der Waals surface area contributed by atoms with Crippen LogP contribution in [0.15, 0.2) is 36.5 Å². The number of carbonyl (C=O) groups excluding carboxylic acids is 2. The van der Waals surface area contributed by atoms with Crippen LogP contribution in [0, 0.1) is 0 Å². The van der Waals surface area contributed by atoms with Gasteiger partial charge in [-0.2, -0.15) is 0 Å². The molecule has 1 saturated heterocycles. The fourth-order valence-corrected chi connectivity index (χ4v) is 12.8. The van der Waals surface area contributed by atoms with E-state index in [1.165, 1.54) is 315 Å². The topological polar surface area (TPSA) is 175 Å². The number of rotatable bonds is 71. The Morgan fingerprint density at radius 1 is 0.407 bits per heavy atom. The smallest absolute Gasteiger partial charge is 0.305 e. The van der Waals surface area contributed by atoms with Gasteiger partial charge in [0.25, 0.3) is 0 Å². The normalized spacial score (nSPS) is 17.7. The first kappa shape index (κ1) is 86.9. The Bertz CT molecular complexity index is 1610. The standard InChI is InChI=1S/C80H151NO10/c1-3-5-7-9-11-13-15-43-48-52-56-60-64-68-76(85)89-69-65-61-57-53-49-45-42-40-38-36-34-32-30-28-26-24-22-20-18-16-17-19-21-23-25-27-29-31-33-35-37-39-41-44-47-51-55-59-63-67-75(84)81-72(71-90-80-79(88)78(87)77(86)74(70-82)91-80)73(83)66-62-58-54-50-46-14-12-10-8-6-4-2/h16-17,20,22,62,66,72-74,77-80,82-83,86-88H,3-15,18-19,21,23-61,63-65,67-71H2,1-2H3,(H,81,84)/b17-16-,22-20-,66-62+. The van der Waals surface area contributed by atoms with Crippen molar-refractivity contribution in [3.8, 4) is 0 Å². The quantitative estimate of drug-likeness (QED) is 0.0195. The molecular weight excluding hydrogens is 1130 g/mol. The summed E-state index contributed by atoms with van der Waals surface area (Å²) in [5.74, 6) is -0.161. The van der Waals surface area contributed by atoms with Gasteiger partial charge in [-0.15, -0.1) is 0 Å². The Hall–Kier alpha value is -2.12. The lowest BCUT2D eigenvalue weighted by Gasteiger charge is -2.40. The van der Waals surface area contributed by atoms with Crippen LogP contribution in [0.2, 0.25) is 0 Å². The molecule has 6 N–H and O–H groups in total. The molecule has 0 aliphatic carbocycles. The summed E-state index contributed by atoms with van der Waals surface area (Å²) in [5, 5.41) is 54.5. The monoisotopic (exact) mass is 1290 g/mol. The molecule has 0 radical (unpaired) electrons. The number of hydrogen-bond donors (Lipinski definition) is 6. The van der Waals surface area contributed by atoms with Crippen LogP contribution in [-0.4, -0.2) is 100 Å². The minimum Gasteiger partial charge on any atom is -0.466 e. The Morgan fingerprint density at radius 3 is 1.11 bits per heavy atom. The largest absolute Gasteiger partial charge is 0.466 e. The highest BCUT2D eigenvalue weighted by molar-refractivity contribution is 5.76. The second kappa shape index (κ2) is 69.2. The fraction of sp³-hybridized carbons (Fsp3) is 0.900. The lowest BCUT2D eigenvalue weighted by molar-refractivity contribution is -0.302. The van der Waals surface area contributed by atoms with E-state index in [2.05, 4.69) is 43.5 Å². The van der Waals surface area contributed by atoms with E-state index in [1.807, 2.05) is 6.08 Å². The van der Waals surface area contributed by atoms with E-state index in [-0.39, 0.29) is 18.5 Å². The van der Waals surface area contributed by atoms with E-state index in [0.717, 1.165) is 57.8 Å². The molecule has 1 amide bonds. The van der Waals surface area contributed by atoms with Crippen molar-refractivity contribution in [1.29, 1.82) is 0 Å². The first-order valence-electron chi connectivity index (χ1n) is 39.8. The van der Waals surface area contributed by atoms with Crippen LogP contribution < -0.4 is 5.32 Å². The first-order valence-corrected chi connectivity index (χ1v) is 39.8. The van der Waals surface area contributed by atoms with E-state index < -0.39 is 49.5 Å². The Kier molecular flexibility index (Phi) is 66.1. The zero-order valence-electron chi connectivity index (χ0n) is 59.8. The van der Waals surface area contributed by atoms with Gasteiger partial charge in [-0.05, 0) is 64.2 Å². The Balaban J connectivity index is 1.89. The van der Waals surface area contributed by atoms with Crippen LogP contribution in [0.4, 0.5) is 0 Å². The second-order valence-electron chi connectivity index (χ2n) is 27.8. The van der Waals surface area contributed by atoms with Crippen molar-refractivity contribution in [1.82, 2.24) is 5.32 Å². The summed E-state index contributed by atoms with van der Waals surface area (Å²) in [5.41, 5.74) is 0. The van der Waals surface area contributed by atoms with Gasteiger partial charge in [-0.3, -0.25) is 9.59 Å². The number of hydrogen-bond acceptors (Lipinski definition) is 10. The maximum absolute atomic E-state index is 13.1. The lowest BCUT2D eigenvalue weighted by atomic mass is 9.99. The summed E-state index contributed by atoms with van der Waals surface area (Å²) in [7, 11) is 0. The van der Waals surface area contributed by atoms with Crippen LogP contribution in [-0.2, 0) is 23.8 Å². The maximum Gasteiger partial charge on any atom is 0.305 e. The molecule has 0 aromatic heterocycles. The van der Waals surface area contributed by atoms with Gasteiger partial charge in [0.1, 0.15) is 24.4 Å². The highest BCUT2D eigenvalue weighted by atomic mass is 16.7. The molecule has 1 aliphatic heterocycles. The van der Waals surface area contributed by atoms with Crippen molar-refractivity contribution in [2.75, 3.05) is 19.8 Å². The number of amides is 1. The van der Waals surface area contributed by atoms with Gasteiger partial charge in [0.2, 0.25) is 5.91 Å². The Morgan fingerprint density at radius 2 is 0.736 bits per heavy atom. The highest BCUT2D eigenvalue weighted by Crippen LogP contribution is 2.24. The number of unbranched alkanes of at least 4 members (excludes halogenated alkanes) is 53. The molecule has 1 heterocycles. The molecule has 0 saturated carbocycles. The van der Waals surface area contributed by atoms with Crippen molar-refractivity contribution < 1.29 is 49.3 Å². The van der Waals surface area contributed by atoms with Crippen molar-refractivity contribution >= 4 is 11.9 Å². The van der Waals surface area contributed by atoms with E-state index in [0.29, 0.717) is 19.4 Å². The molecule has 7 unspecified atom stereocenters. The predicted octanol–water partition coefficient (Wildman–Crippen LogP) is 21.3. The van der Waals surface area contributed by atoms with E-state index in [4.69, 9.17) is 14.2 Å². The van der Waals surface area contributed by atoms with Gasteiger partial charge in [0.05, 0.1) is 32.0 Å². The molecule has 536 valence electrons. The first-order chi connectivity index (χ1) is 44.7. The third kappa shape index (κ3) is 57.8. The molecule has 0 aromatic rings. The molecule has 0 bridgehead atoms. The van der Waals surface area contributed by atoms with Gasteiger partial charge in [-0.25, -0.2) is 0 Å². The molecule has 7 atom stereocenters. The molecule has 11 heteroatoms. The SMILES string of the molecule is CCCCCCCCCCC/C=C/C(O)C(COC1OC(CO)C(O)C(O)C1O)NC(=O)CCCCCCCCCCCCCCCCCCC/C=C\C/C=C\CCCCCCCCCCCCCCCCCOC(=O)CCCCCCCCCCCCCCC. The zero-order chi connectivity index (χ0) is 65.8. The van der Waals surface area contributed by atoms with Crippen molar-refractivity contribution in [3.63, 3.8) is 0 Å². The number of ether oxygens (including phenoxy) is 3. The van der Waals surface area contributed by atoms with Crippen LogP contribution in [0.25, 0.3) is 0 Å². The van der Waals surface area contributed by atoms with Gasteiger partial charge in [-0.1, -0.05) is 359 Å². The van der Waals surface area contributed by atoms with Crippen molar-refractivity contribution in [2.24, 2.45) is 0 Å². The van der Waals surface area contributed by atoms with Crippen LogP contribution in [0.1, 0.15) is 399 Å². The van der Waals surface area contributed by atoms with Crippen molar-refractivity contribution in [3.05, 3.63) is 36.5 Å². The van der Waals surface area contributed by atoms with Gasteiger partial charge >= 0.3 is 5.97 Å². The van der Waals surface area contributed by atoms with Crippen LogP contribution in [0.5, 0.6) is 0 Å². The molecule has 91 heavy (non-hydrogen) atoms. The minimum atomic E-state index is -1.57. The zero-order valence-corrected chi connectivity index (χ0v) is 59.8. The van der Waals surface area contributed by atoms with Gasteiger partial charge in [0.15, 0.2) is 6.29 Å².